The summed E-state index contributed by atoms with van der Waals surface area (Å²) in [5, 5.41) is 15.9. The number of carbonyl (C=O) groups is 2. The van der Waals surface area contributed by atoms with E-state index in [1.807, 2.05) is 13.8 Å². The van der Waals surface area contributed by atoms with Gasteiger partial charge in [-0.2, -0.15) is 5.10 Å². The Morgan fingerprint density at radius 2 is 2.00 bits per heavy atom. The number of carbonyl (C=O) groups excluding carboxylic acids is 1. The molecule has 0 unspecified atom stereocenters. The summed E-state index contributed by atoms with van der Waals surface area (Å²) in [4.78, 5) is 23.4. The lowest BCUT2D eigenvalue weighted by Crippen LogP contribution is -2.20. The third-order valence-corrected chi connectivity index (χ3v) is 3.56. The SMILES string of the molecule is CCC(CC)n1nccc1C(=O)Nc1cccc(C(=O)O)c1. The molecular weight excluding hydrogens is 282 g/mol. The first-order chi connectivity index (χ1) is 10.6. The number of nitrogens with one attached hydrogen (secondary N) is 1. The molecule has 0 fully saturated rings. The van der Waals surface area contributed by atoms with Crippen molar-refractivity contribution in [2.75, 3.05) is 5.32 Å². The lowest BCUT2D eigenvalue weighted by molar-refractivity contribution is 0.0696. The summed E-state index contributed by atoms with van der Waals surface area (Å²) in [5.74, 6) is -1.33. The van der Waals surface area contributed by atoms with Crippen LogP contribution in [0.3, 0.4) is 0 Å². The van der Waals surface area contributed by atoms with E-state index in [0.717, 1.165) is 12.8 Å². The van der Waals surface area contributed by atoms with Crippen LogP contribution < -0.4 is 5.32 Å². The lowest BCUT2D eigenvalue weighted by Gasteiger charge is -2.16. The monoisotopic (exact) mass is 301 g/mol. The molecule has 6 heteroatoms. The first-order valence-corrected chi connectivity index (χ1v) is 7.25. The standard InChI is InChI=1S/C16H19N3O3/c1-3-13(4-2)19-14(8-9-17-19)15(20)18-12-7-5-6-11(10-12)16(21)22/h5-10,13H,3-4H2,1-2H3,(H,18,20)(H,21,22). The molecule has 22 heavy (non-hydrogen) atoms. The highest BCUT2D eigenvalue weighted by Crippen LogP contribution is 2.18. The molecule has 0 saturated carbocycles. The summed E-state index contributed by atoms with van der Waals surface area (Å²) in [6.45, 7) is 4.10. The van der Waals surface area contributed by atoms with Crippen molar-refractivity contribution in [2.24, 2.45) is 0 Å². The molecule has 0 radical (unpaired) electrons. The van der Waals surface area contributed by atoms with Crippen LogP contribution in [0.4, 0.5) is 5.69 Å². The number of rotatable bonds is 6. The minimum Gasteiger partial charge on any atom is -0.478 e. The normalized spacial score (nSPS) is 10.7. The van der Waals surface area contributed by atoms with Crippen molar-refractivity contribution in [1.82, 2.24) is 9.78 Å². The van der Waals surface area contributed by atoms with Gasteiger partial charge in [0.25, 0.3) is 5.91 Å². The molecule has 0 aliphatic heterocycles. The van der Waals surface area contributed by atoms with Crippen LogP contribution in [0, 0.1) is 0 Å². The number of hydrogen-bond acceptors (Lipinski definition) is 3. The van der Waals surface area contributed by atoms with Crippen molar-refractivity contribution >= 4 is 17.6 Å². The first kappa shape index (κ1) is 15.8. The molecule has 0 spiro atoms. The van der Waals surface area contributed by atoms with Gasteiger partial charge in [0.2, 0.25) is 0 Å². The van der Waals surface area contributed by atoms with E-state index < -0.39 is 5.97 Å². The number of amides is 1. The van der Waals surface area contributed by atoms with Gasteiger partial charge in [0.1, 0.15) is 5.69 Å². The smallest absolute Gasteiger partial charge is 0.335 e. The van der Waals surface area contributed by atoms with E-state index in [9.17, 15) is 9.59 Å². The zero-order valence-corrected chi connectivity index (χ0v) is 12.6. The van der Waals surface area contributed by atoms with E-state index in [1.165, 1.54) is 12.1 Å². The maximum absolute atomic E-state index is 12.4. The van der Waals surface area contributed by atoms with Gasteiger partial charge < -0.3 is 10.4 Å². The number of carboxylic acids is 1. The minimum atomic E-state index is -1.03. The Balaban J connectivity index is 2.21. The second-order valence-corrected chi connectivity index (χ2v) is 4.97. The van der Waals surface area contributed by atoms with Crippen molar-refractivity contribution < 1.29 is 14.7 Å². The second-order valence-electron chi connectivity index (χ2n) is 4.97. The number of nitrogens with zero attached hydrogens (tertiary/aromatic N) is 2. The number of hydrogen-bond donors (Lipinski definition) is 2. The van der Waals surface area contributed by atoms with Crippen molar-refractivity contribution in [1.29, 1.82) is 0 Å². The maximum Gasteiger partial charge on any atom is 0.335 e. The van der Waals surface area contributed by atoms with Gasteiger partial charge in [-0.1, -0.05) is 19.9 Å². The average molecular weight is 301 g/mol. The largest absolute Gasteiger partial charge is 0.478 e. The Morgan fingerprint density at radius 1 is 1.27 bits per heavy atom. The summed E-state index contributed by atoms with van der Waals surface area (Å²) in [6.07, 6.45) is 3.36. The average Bonchev–Trinajstić information content (AvgIpc) is 2.98. The van der Waals surface area contributed by atoms with Crippen LogP contribution in [0.25, 0.3) is 0 Å². The molecule has 2 aromatic rings. The fourth-order valence-electron chi connectivity index (χ4n) is 2.34. The zero-order chi connectivity index (χ0) is 16.1. The minimum absolute atomic E-state index is 0.131. The fourth-order valence-corrected chi connectivity index (χ4v) is 2.34. The van der Waals surface area contributed by atoms with E-state index >= 15 is 0 Å². The summed E-state index contributed by atoms with van der Waals surface area (Å²) < 4.78 is 1.72. The molecule has 0 bridgehead atoms. The summed E-state index contributed by atoms with van der Waals surface area (Å²) in [7, 11) is 0. The molecule has 6 nitrogen and oxygen atoms in total. The van der Waals surface area contributed by atoms with Gasteiger partial charge in [-0.05, 0) is 37.1 Å². The Morgan fingerprint density at radius 3 is 2.64 bits per heavy atom. The second kappa shape index (κ2) is 6.89. The van der Waals surface area contributed by atoms with Crippen LogP contribution in [0.1, 0.15) is 53.6 Å². The molecule has 0 aliphatic rings. The van der Waals surface area contributed by atoms with E-state index in [1.54, 1.807) is 29.1 Å². The summed E-state index contributed by atoms with van der Waals surface area (Å²) >= 11 is 0. The van der Waals surface area contributed by atoms with Gasteiger partial charge in [-0.3, -0.25) is 9.48 Å². The number of aromatic nitrogens is 2. The van der Waals surface area contributed by atoms with Gasteiger partial charge in [-0.15, -0.1) is 0 Å². The molecule has 116 valence electrons. The summed E-state index contributed by atoms with van der Waals surface area (Å²) in [5.41, 5.74) is 1.04. The predicted octanol–water partition coefficient (Wildman–Crippen LogP) is 3.19. The number of anilines is 1. The van der Waals surface area contributed by atoms with E-state index in [-0.39, 0.29) is 17.5 Å². The van der Waals surface area contributed by atoms with Gasteiger partial charge in [-0.25, -0.2) is 4.79 Å². The van der Waals surface area contributed by atoms with Gasteiger partial charge in [0.15, 0.2) is 0 Å². The molecule has 0 aliphatic carbocycles. The molecule has 0 atom stereocenters. The maximum atomic E-state index is 12.4. The third-order valence-electron chi connectivity index (χ3n) is 3.56. The number of aromatic carboxylic acids is 1. The highest BCUT2D eigenvalue weighted by molar-refractivity contribution is 6.03. The van der Waals surface area contributed by atoms with E-state index in [4.69, 9.17) is 5.11 Å². The fraction of sp³-hybridized carbons (Fsp3) is 0.312. The van der Waals surface area contributed by atoms with Crippen LogP contribution in [0.15, 0.2) is 36.5 Å². The highest BCUT2D eigenvalue weighted by Gasteiger charge is 2.17. The van der Waals surface area contributed by atoms with E-state index in [0.29, 0.717) is 11.4 Å². The lowest BCUT2D eigenvalue weighted by atomic mass is 10.1. The molecule has 0 saturated heterocycles. The molecule has 2 N–H and O–H groups in total. The third kappa shape index (κ3) is 3.33. The van der Waals surface area contributed by atoms with E-state index in [2.05, 4.69) is 10.4 Å². The van der Waals surface area contributed by atoms with Crippen molar-refractivity contribution in [3.05, 3.63) is 47.8 Å². The number of carboxylic acid groups (broad SMARTS) is 1. The Hall–Kier alpha value is -2.63. The van der Waals surface area contributed by atoms with Gasteiger partial charge in [0, 0.05) is 11.9 Å². The molecule has 1 amide bonds. The summed E-state index contributed by atoms with van der Waals surface area (Å²) in [6, 6.07) is 7.99. The highest BCUT2D eigenvalue weighted by atomic mass is 16.4. The van der Waals surface area contributed by atoms with Crippen LogP contribution in [-0.2, 0) is 0 Å². The molecular formula is C16H19N3O3. The Labute approximate surface area is 128 Å². The van der Waals surface area contributed by atoms with Crippen LogP contribution in [0.5, 0.6) is 0 Å². The molecule has 1 heterocycles. The zero-order valence-electron chi connectivity index (χ0n) is 12.6. The van der Waals surface area contributed by atoms with Gasteiger partial charge >= 0.3 is 5.97 Å². The van der Waals surface area contributed by atoms with Gasteiger partial charge in [0.05, 0.1) is 11.6 Å². The quantitative estimate of drug-likeness (QED) is 0.858. The van der Waals surface area contributed by atoms with Crippen LogP contribution in [-0.4, -0.2) is 26.8 Å². The molecule has 2 rings (SSSR count). The van der Waals surface area contributed by atoms with Crippen molar-refractivity contribution in [2.45, 2.75) is 32.7 Å². The number of benzene rings is 1. The van der Waals surface area contributed by atoms with Crippen LogP contribution >= 0.6 is 0 Å². The first-order valence-electron chi connectivity index (χ1n) is 7.25. The molecule has 1 aromatic heterocycles. The predicted molar refractivity (Wildman–Crippen MR) is 83.2 cm³/mol. The van der Waals surface area contributed by atoms with Crippen molar-refractivity contribution in [3.63, 3.8) is 0 Å². The van der Waals surface area contributed by atoms with Crippen LogP contribution in [0.2, 0.25) is 0 Å². The topological polar surface area (TPSA) is 84.2 Å². The Kier molecular flexibility index (Phi) is 4.93. The van der Waals surface area contributed by atoms with Crippen molar-refractivity contribution in [3.8, 4) is 0 Å². The molecule has 1 aromatic carbocycles. The Bertz CT molecular complexity index is 675.